The molecule has 0 aliphatic rings. The Bertz CT molecular complexity index is 306. The van der Waals surface area contributed by atoms with Gasteiger partial charge in [-0.05, 0) is 0 Å². The quantitative estimate of drug-likeness (QED) is 0.543. The first kappa shape index (κ1) is 6.95. The number of rotatable bonds is 0. The molecular weight excluding hydrogens is 158 g/mol. The standard InChI is InChI=1S/C5H4ClNO3/c6-3-2-7(10)5(9)1-4(3)8/h1-2,8,10H. The van der Waals surface area contributed by atoms with E-state index in [1.54, 1.807) is 0 Å². The van der Waals surface area contributed by atoms with Gasteiger partial charge in [-0.3, -0.25) is 4.79 Å². The Balaban J connectivity index is 3.43. The average molecular weight is 162 g/mol. The molecule has 0 saturated carbocycles. The zero-order valence-corrected chi connectivity index (χ0v) is 5.54. The third-order valence-corrected chi connectivity index (χ3v) is 1.26. The summed E-state index contributed by atoms with van der Waals surface area (Å²) in [7, 11) is 0. The van der Waals surface area contributed by atoms with Gasteiger partial charge >= 0.3 is 0 Å². The van der Waals surface area contributed by atoms with E-state index >= 15 is 0 Å². The molecule has 1 aromatic heterocycles. The Hall–Kier alpha value is -1.16. The maximum atomic E-state index is 10.5. The highest BCUT2D eigenvalue weighted by atomic mass is 35.5. The van der Waals surface area contributed by atoms with Gasteiger partial charge in [0.2, 0.25) is 0 Å². The van der Waals surface area contributed by atoms with Crippen LogP contribution in [-0.2, 0) is 0 Å². The molecule has 0 bridgehead atoms. The van der Waals surface area contributed by atoms with Crippen LogP contribution >= 0.6 is 11.6 Å². The molecule has 10 heavy (non-hydrogen) atoms. The van der Waals surface area contributed by atoms with Crippen molar-refractivity contribution in [2.24, 2.45) is 0 Å². The van der Waals surface area contributed by atoms with Crippen molar-refractivity contribution < 1.29 is 10.3 Å². The fraction of sp³-hybridized carbons (Fsp3) is 0. The average Bonchev–Trinajstić information content (AvgIpc) is 1.84. The molecule has 0 spiro atoms. The molecular formula is C5H4ClNO3. The third kappa shape index (κ3) is 1.06. The van der Waals surface area contributed by atoms with Crippen molar-refractivity contribution in [1.29, 1.82) is 0 Å². The first-order valence-corrected chi connectivity index (χ1v) is 2.79. The molecule has 0 amide bonds. The molecule has 1 rings (SSSR count). The molecule has 1 heterocycles. The summed E-state index contributed by atoms with van der Waals surface area (Å²) in [4.78, 5) is 10.5. The fourth-order valence-electron chi connectivity index (χ4n) is 0.489. The number of nitrogens with zero attached hydrogens (tertiary/aromatic N) is 1. The van der Waals surface area contributed by atoms with Crippen molar-refractivity contribution in [1.82, 2.24) is 4.73 Å². The molecule has 0 aliphatic heterocycles. The Morgan fingerprint density at radius 3 is 2.70 bits per heavy atom. The third-order valence-electron chi connectivity index (χ3n) is 0.966. The first-order valence-electron chi connectivity index (χ1n) is 2.41. The van der Waals surface area contributed by atoms with Crippen LogP contribution in [0.3, 0.4) is 0 Å². The molecule has 0 atom stereocenters. The summed E-state index contributed by atoms with van der Waals surface area (Å²) in [5, 5.41) is 17.3. The Kier molecular flexibility index (Phi) is 1.55. The SMILES string of the molecule is O=c1cc(O)c(Cl)cn1O. The van der Waals surface area contributed by atoms with Crippen molar-refractivity contribution in [3.05, 3.63) is 27.6 Å². The van der Waals surface area contributed by atoms with E-state index in [-0.39, 0.29) is 10.8 Å². The highest BCUT2D eigenvalue weighted by molar-refractivity contribution is 6.31. The lowest BCUT2D eigenvalue weighted by Gasteiger charge is -1.96. The largest absolute Gasteiger partial charge is 0.506 e. The summed E-state index contributed by atoms with van der Waals surface area (Å²) < 4.78 is 0.294. The summed E-state index contributed by atoms with van der Waals surface area (Å²) >= 11 is 5.32. The summed E-state index contributed by atoms with van der Waals surface area (Å²) in [5.74, 6) is -0.336. The van der Waals surface area contributed by atoms with Crippen molar-refractivity contribution >= 4 is 11.6 Å². The van der Waals surface area contributed by atoms with E-state index in [0.717, 1.165) is 12.3 Å². The highest BCUT2D eigenvalue weighted by Crippen LogP contribution is 2.18. The molecule has 0 fully saturated rings. The Morgan fingerprint density at radius 2 is 2.20 bits per heavy atom. The van der Waals surface area contributed by atoms with Gasteiger partial charge in [-0.2, -0.15) is 4.73 Å². The molecule has 1 aromatic rings. The van der Waals surface area contributed by atoms with Crippen LogP contribution in [-0.4, -0.2) is 15.0 Å². The van der Waals surface area contributed by atoms with Crippen LogP contribution < -0.4 is 5.56 Å². The summed E-state index contributed by atoms with van der Waals surface area (Å²) in [6, 6.07) is 0.822. The fourth-order valence-corrected chi connectivity index (χ4v) is 0.636. The second kappa shape index (κ2) is 2.22. The van der Waals surface area contributed by atoms with Gasteiger partial charge in [0.1, 0.15) is 10.8 Å². The maximum Gasteiger partial charge on any atom is 0.286 e. The summed E-state index contributed by atoms with van der Waals surface area (Å²) in [6.07, 6.45) is 0.916. The molecule has 2 N–H and O–H groups in total. The molecule has 0 aromatic carbocycles. The van der Waals surface area contributed by atoms with E-state index in [1.807, 2.05) is 0 Å². The zero-order valence-electron chi connectivity index (χ0n) is 4.78. The van der Waals surface area contributed by atoms with E-state index in [1.165, 1.54) is 0 Å². The summed E-state index contributed by atoms with van der Waals surface area (Å²) in [5.41, 5.74) is -0.720. The number of aromatic hydroxyl groups is 1. The van der Waals surface area contributed by atoms with Gasteiger partial charge in [-0.1, -0.05) is 11.6 Å². The van der Waals surface area contributed by atoms with Crippen LogP contribution in [0.1, 0.15) is 0 Å². The van der Waals surface area contributed by atoms with E-state index in [4.69, 9.17) is 21.9 Å². The van der Waals surface area contributed by atoms with Crippen LogP contribution in [0.4, 0.5) is 0 Å². The van der Waals surface area contributed by atoms with Gasteiger partial charge < -0.3 is 10.3 Å². The second-order valence-corrected chi connectivity index (χ2v) is 2.10. The van der Waals surface area contributed by atoms with E-state index in [2.05, 4.69) is 0 Å². The molecule has 0 unspecified atom stereocenters. The van der Waals surface area contributed by atoms with Crippen LogP contribution in [0.2, 0.25) is 5.02 Å². The van der Waals surface area contributed by atoms with Crippen molar-refractivity contribution in [2.75, 3.05) is 0 Å². The highest BCUT2D eigenvalue weighted by Gasteiger charge is 2.00. The molecule has 4 nitrogen and oxygen atoms in total. The lowest BCUT2D eigenvalue weighted by atomic mass is 10.4. The van der Waals surface area contributed by atoms with Gasteiger partial charge in [0.15, 0.2) is 0 Å². The van der Waals surface area contributed by atoms with Gasteiger partial charge in [0, 0.05) is 0 Å². The Morgan fingerprint density at radius 1 is 1.60 bits per heavy atom. The minimum atomic E-state index is -0.720. The van der Waals surface area contributed by atoms with Crippen LogP contribution in [0.5, 0.6) is 5.75 Å². The van der Waals surface area contributed by atoms with Crippen LogP contribution in [0.15, 0.2) is 17.1 Å². The van der Waals surface area contributed by atoms with E-state index in [0.29, 0.717) is 4.73 Å². The predicted molar refractivity (Wildman–Crippen MR) is 34.6 cm³/mol. The lowest BCUT2D eigenvalue weighted by Crippen LogP contribution is -2.14. The summed E-state index contributed by atoms with van der Waals surface area (Å²) in [6.45, 7) is 0. The first-order chi connectivity index (χ1) is 4.61. The lowest BCUT2D eigenvalue weighted by molar-refractivity contribution is 0.174. The number of hydrogen-bond acceptors (Lipinski definition) is 3. The van der Waals surface area contributed by atoms with Gasteiger partial charge in [-0.15, -0.1) is 0 Å². The van der Waals surface area contributed by atoms with Gasteiger partial charge in [0.25, 0.3) is 5.56 Å². The zero-order chi connectivity index (χ0) is 7.72. The van der Waals surface area contributed by atoms with Crippen molar-refractivity contribution in [3.63, 3.8) is 0 Å². The normalized spacial score (nSPS) is 9.70. The molecule has 0 saturated heterocycles. The smallest absolute Gasteiger partial charge is 0.286 e. The van der Waals surface area contributed by atoms with Crippen LogP contribution in [0, 0.1) is 0 Å². The molecule has 5 heteroatoms. The van der Waals surface area contributed by atoms with Crippen LogP contribution in [0.25, 0.3) is 0 Å². The minimum absolute atomic E-state index is 0.0675. The maximum absolute atomic E-state index is 10.5. The van der Waals surface area contributed by atoms with Crippen molar-refractivity contribution in [3.8, 4) is 5.75 Å². The second-order valence-electron chi connectivity index (χ2n) is 1.69. The van der Waals surface area contributed by atoms with E-state index in [9.17, 15) is 4.79 Å². The topological polar surface area (TPSA) is 62.5 Å². The van der Waals surface area contributed by atoms with Gasteiger partial charge in [-0.25, -0.2) is 0 Å². The Labute approximate surface area is 60.9 Å². The van der Waals surface area contributed by atoms with Gasteiger partial charge in [0.05, 0.1) is 12.3 Å². The minimum Gasteiger partial charge on any atom is -0.506 e. The number of aromatic nitrogens is 1. The number of hydrogen-bond donors (Lipinski definition) is 2. The molecule has 0 radical (unpaired) electrons. The predicted octanol–water partition coefficient (Wildman–Crippen LogP) is 0.445. The monoisotopic (exact) mass is 161 g/mol. The van der Waals surface area contributed by atoms with E-state index < -0.39 is 5.56 Å². The molecule has 0 aliphatic carbocycles. The van der Waals surface area contributed by atoms with Crippen molar-refractivity contribution in [2.45, 2.75) is 0 Å². The molecule has 54 valence electrons. The number of halogens is 1. The number of pyridine rings is 1.